The molecule has 1 aromatic carbocycles. The van der Waals surface area contributed by atoms with Gasteiger partial charge in [-0.3, -0.25) is 9.59 Å². The van der Waals surface area contributed by atoms with Gasteiger partial charge < -0.3 is 15.4 Å². The first-order valence-corrected chi connectivity index (χ1v) is 7.78. The number of nitrogens with one attached hydrogen (secondary N) is 2. The summed E-state index contributed by atoms with van der Waals surface area (Å²) in [5, 5.41) is 9.48. The van der Waals surface area contributed by atoms with Crippen molar-refractivity contribution in [3.63, 3.8) is 0 Å². The number of methoxy groups -OCH3 is 1. The predicted molar refractivity (Wildman–Crippen MR) is 92.4 cm³/mol. The predicted octanol–water partition coefficient (Wildman–Crippen LogP) is 1.39. The van der Waals surface area contributed by atoms with Crippen LogP contribution in [0.3, 0.4) is 0 Å². The Bertz CT molecular complexity index is 854. The van der Waals surface area contributed by atoms with Gasteiger partial charge in [0, 0.05) is 12.7 Å². The second-order valence-corrected chi connectivity index (χ2v) is 5.41. The van der Waals surface area contributed by atoms with Gasteiger partial charge in [0.05, 0.1) is 19.2 Å². The SMILES string of the molecule is COc1ccc(CNC(=O)CNC(=O)c2cc3ccccn3n2)cc1. The Balaban J connectivity index is 1.48. The number of aromatic nitrogens is 2. The Morgan fingerprint density at radius 1 is 1.12 bits per heavy atom. The number of rotatable bonds is 6. The average Bonchev–Trinajstić information content (AvgIpc) is 3.09. The van der Waals surface area contributed by atoms with E-state index in [0.717, 1.165) is 16.8 Å². The molecule has 25 heavy (non-hydrogen) atoms. The van der Waals surface area contributed by atoms with Crippen LogP contribution in [0.4, 0.5) is 0 Å². The molecule has 2 N–H and O–H groups in total. The maximum Gasteiger partial charge on any atom is 0.272 e. The first kappa shape index (κ1) is 16.5. The Labute approximate surface area is 144 Å². The number of nitrogens with zero attached hydrogens (tertiary/aromatic N) is 2. The second-order valence-electron chi connectivity index (χ2n) is 5.41. The molecular formula is C18H18N4O3. The molecule has 0 aliphatic heterocycles. The Kier molecular flexibility index (Phi) is 4.94. The third kappa shape index (κ3) is 4.14. The molecule has 0 saturated carbocycles. The van der Waals surface area contributed by atoms with Gasteiger partial charge in [-0.1, -0.05) is 18.2 Å². The second kappa shape index (κ2) is 7.48. The van der Waals surface area contributed by atoms with Crippen LogP contribution in [-0.4, -0.2) is 35.1 Å². The van der Waals surface area contributed by atoms with Gasteiger partial charge in [-0.2, -0.15) is 5.10 Å². The zero-order chi connectivity index (χ0) is 17.6. The number of carbonyl (C=O) groups excluding carboxylic acids is 2. The first-order valence-electron chi connectivity index (χ1n) is 7.78. The Hall–Kier alpha value is -3.35. The van der Waals surface area contributed by atoms with Gasteiger partial charge in [0.1, 0.15) is 5.75 Å². The summed E-state index contributed by atoms with van der Waals surface area (Å²) in [6.45, 7) is 0.274. The van der Waals surface area contributed by atoms with E-state index in [1.165, 1.54) is 0 Å². The number of hydrogen-bond donors (Lipinski definition) is 2. The van der Waals surface area contributed by atoms with Crippen molar-refractivity contribution >= 4 is 17.3 Å². The molecule has 0 aliphatic carbocycles. The van der Waals surface area contributed by atoms with E-state index in [1.54, 1.807) is 23.9 Å². The summed E-state index contributed by atoms with van der Waals surface area (Å²) in [5.74, 6) is 0.103. The minimum absolute atomic E-state index is 0.108. The van der Waals surface area contributed by atoms with Gasteiger partial charge in [0.15, 0.2) is 5.69 Å². The quantitative estimate of drug-likeness (QED) is 0.711. The molecule has 0 spiro atoms. The topological polar surface area (TPSA) is 84.7 Å². The van der Waals surface area contributed by atoms with E-state index in [4.69, 9.17) is 4.74 Å². The summed E-state index contributed by atoms with van der Waals surface area (Å²) < 4.78 is 6.69. The lowest BCUT2D eigenvalue weighted by Crippen LogP contribution is -2.36. The number of ether oxygens (including phenoxy) is 1. The highest BCUT2D eigenvalue weighted by molar-refractivity contribution is 5.95. The molecular weight excluding hydrogens is 320 g/mol. The minimum Gasteiger partial charge on any atom is -0.497 e. The molecule has 0 saturated heterocycles. The van der Waals surface area contributed by atoms with Crippen LogP contribution < -0.4 is 15.4 Å². The zero-order valence-electron chi connectivity index (χ0n) is 13.7. The molecule has 0 atom stereocenters. The van der Waals surface area contributed by atoms with Crippen molar-refractivity contribution in [3.05, 3.63) is 66.0 Å². The van der Waals surface area contributed by atoms with E-state index in [2.05, 4.69) is 15.7 Å². The van der Waals surface area contributed by atoms with Crippen LogP contribution >= 0.6 is 0 Å². The third-order valence-electron chi connectivity index (χ3n) is 3.66. The number of amides is 2. The van der Waals surface area contributed by atoms with Crippen LogP contribution in [0.2, 0.25) is 0 Å². The van der Waals surface area contributed by atoms with Crippen LogP contribution in [0.5, 0.6) is 5.75 Å². The van der Waals surface area contributed by atoms with E-state index in [9.17, 15) is 9.59 Å². The fraction of sp³-hybridized carbons (Fsp3) is 0.167. The summed E-state index contributed by atoms with van der Waals surface area (Å²) in [4.78, 5) is 24.0. The van der Waals surface area contributed by atoms with Crippen molar-refractivity contribution < 1.29 is 14.3 Å². The van der Waals surface area contributed by atoms with Crippen molar-refractivity contribution in [1.82, 2.24) is 20.2 Å². The lowest BCUT2D eigenvalue weighted by molar-refractivity contribution is -0.120. The standard InChI is InChI=1S/C18H18N4O3/c1-25-15-7-5-13(6-8-15)11-19-17(23)12-20-18(24)16-10-14-4-2-3-9-22(14)21-16/h2-10H,11-12H2,1H3,(H,19,23)(H,20,24). The average molecular weight is 338 g/mol. The molecule has 7 nitrogen and oxygen atoms in total. The highest BCUT2D eigenvalue weighted by atomic mass is 16.5. The number of hydrogen-bond acceptors (Lipinski definition) is 4. The molecule has 3 aromatic rings. The van der Waals surface area contributed by atoms with Crippen LogP contribution in [0.25, 0.3) is 5.52 Å². The zero-order valence-corrected chi connectivity index (χ0v) is 13.7. The molecule has 7 heteroatoms. The molecule has 0 fully saturated rings. The monoisotopic (exact) mass is 338 g/mol. The summed E-state index contributed by atoms with van der Waals surface area (Å²) >= 11 is 0. The van der Waals surface area contributed by atoms with Crippen molar-refractivity contribution in [1.29, 1.82) is 0 Å². The summed E-state index contributed by atoms with van der Waals surface area (Å²) in [6.07, 6.45) is 1.76. The van der Waals surface area contributed by atoms with Crippen molar-refractivity contribution in [2.75, 3.05) is 13.7 Å². The van der Waals surface area contributed by atoms with Gasteiger partial charge in [0.2, 0.25) is 5.91 Å². The van der Waals surface area contributed by atoms with E-state index >= 15 is 0 Å². The smallest absolute Gasteiger partial charge is 0.272 e. The highest BCUT2D eigenvalue weighted by Gasteiger charge is 2.11. The fourth-order valence-corrected chi connectivity index (χ4v) is 2.31. The van der Waals surface area contributed by atoms with Crippen LogP contribution in [-0.2, 0) is 11.3 Å². The van der Waals surface area contributed by atoms with Crippen LogP contribution in [0.1, 0.15) is 16.1 Å². The third-order valence-corrected chi connectivity index (χ3v) is 3.66. The number of fused-ring (bicyclic) bond motifs is 1. The van der Waals surface area contributed by atoms with Crippen LogP contribution in [0.15, 0.2) is 54.7 Å². The Morgan fingerprint density at radius 3 is 2.64 bits per heavy atom. The van der Waals surface area contributed by atoms with Crippen molar-refractivity contribution in [2.45, 2.75) is 6.54 Å². The number of carbonyl (C=O) groups is 2. The largest absolute Gasteiger partial charge is 0.497 e. The van der Waals surface area contributed by atoms with Gasteiger partial charge >= 0.3 is 0 Å². The number of pyridine rings is 1. The highest BCUT2D eigenvalue weighted by Crippen LogP contribution is 2.10. The summed E-state index contributed by atoms with van der Waals surface area (Å²) in [5.41, 5.74) is 2.03. The molecule has 2 aromatic heterocycles. The van der Waals surface area contributed by atoms with Gasteiger partial charge in [-0.25, -0.2) is 4.52 Å². The number of benzene rings is 1. The van der Waals surface area contributed by atoms with Crippen molar-refractivity contribution in [2.24, 2.45) is 0 Å². The normalized spacial score (nSPS) is 10.4. The van der Waals surface area contributed by atoms with Gasteiger partial charge in [-0.05, 0) is 35.9 Å². The fourth-order valence-electron chi connectivity index (χ4n) is 2.31. The van der Waals surface area contributed by atoms with E-state index in [0.29, 0.717) is 6.54 Å². The Morgan fingerprint density at radius 2 is 1.92 bits per heavy atom. The molecule has 2 amide bonds. The minimum atomic E-state index is -0.386. The first-order chi connectivity index (χ1) is 12.2. The van der Waals surface area contributed by atoms with Crippen molar-refractivity contribution in [3.8, 4) is 5.75 Å². The summed E-state index contributed by atoms with van der Waals surface area (Å²) in [7, 11) is 1.60. The molecule has 128 valence electrons. The summed E-state index contributed by atoms with van der Waals surface area (Å²) in [6, 6.07) is 14.6. The maximum absolute atomic E-state index is 12.1. The lowest BCUT2D eigenvalue weighted by Gasteiger charge is -2.07. The molecule has 0 unspecified atom stereocenters. The molecule has 0 aliphatic rings. The van der Waals surface area contributed by atoms with E-state index < -0.39 is 0 Å². The maximum atomic E-state index is 12.1. The van der Waals surface area contributed by atoms with Crippen LogP contribution in [0, 0.1) is 0 Å². The molecule has 2 heterocycles. The lowest BCUT2D eigenvalue weighted by atomic mass is 10.2. The van der Waals surface area contributed by atoms with Gasteiger partial charge in [0.25, 0.3) is 5.91 Å². The van der Waals surface area contributed by atoms with Gasteiger partial charge in [-0.15, -0.1) is 0 Å². The van der Waals surface area contributed by atoms with E-state index in [-0.39, 0.29) is 24.1 Å². The molecule has 3 rings (SSSR count). The molecule has 0 bridgehead atoms. The molecule has 0 radical (unpaired) electrons. The van der Waals surface area contributed by atoms with E-state index in [1.807, 2.05) is 42.5 Å².